The maximum atomic E-state index is 13.2. The van der Waals surface area contributed by atoms with Crippen molar-refractivity contribution in [3.63, 3.8) is 0 Å². The molecule has 0 bridgehead atoms. The third-order valence-electron chi connectivity index (χ3n) is 2.83. The summed E-state index contributed by atoms with van der Waals surface area (Å²) in [5.41, 5.74) is -0.397. The maximum absolute atomic E-state index is 13.2. The summed E-state index contributed by atoms with van der Waals surface area (Å²) in [5, 5.41) is 22.8. The molecule has 0 aliphatic rings. The van der Waals surface area contributed by atoms with Crippen LogP contribution < -0.4 is 5.32 Å². The third kappa shape index (κ3) is 3.33. The zero-order chi connectivity index (χ0) is 15.4. The van der Waals surface area contributed by atoms with Gasteiger partial charge in [-0.15, -0.1) is 0 Å². The van der Waals surface area contributed by atoms with Gasteiger partial charge >= 0.3 is 0 Å². The van der Waals surface area contributed by atoms with Crippen molar-refractivity contribution in [1.29, 1.82) is 0 Å². The number of nitrogens with one attached hydrogen (secondary N) is 1. The number of rotatable bonds is 4. The van der Waals surface area contributed by atoms with Gasteiger partial charge in [0.05, 0.1) is 4.92 Å². The number of amides is 1. The fourth-order valence-corrected chi connectivity index (χ4v) is 1.78. The van der Waals surface area contributed by atoms with Crippen molar-refractivity contribution in [2.24, 2.45) is 0 Å². The summed E-state index contributed by atoms with van der Waals surface area (Å²) >= 11 is 0. The molecule has 0 aromatic heterocycles. The quantitative estimate of drug-likeness (QED) is 0.668. The lowest BCUT2D eigenvalue weighted by Crippen LogP contribution is -2.23. The van der Waals surface area contributed by atoms with Crippen molar-refractivity contribution in [3.05, 3.63) is 69.5 Å². The number of nitro benzene ring substituents is 1. The van der Waals surface area contributed by atoms with E-state index in [9.17, 15) is 24.4 Å². The highest BCUT2D eigenvalue weighted by Gasteiger charge is 2.20. The van der Waals surface area contributed by atoms with Crippen molar-refractivity contribution in [3.8, 4) is 5.75 Å². The smallest absolute Gasteiger partial charge is 0.282 e. The zero-order valence-electron chi connectivity index (χ0n) is 10.7. The lowest BCUT2D eigenvalue weighted by atomic mass is 10.1. The number of hydrogen-bond donors (Lipinski definition) is 2. The number of phenolic OH excluding ortho intramolecular Hbond substituents is 1. The Morgan fingerprint density at radius 1 is 1.29 bits per heavy atom. The number of phenols is 1. The Balaban J connectivity index is 2.19. The first kappa shape index (κ1) is 14.4. The van der Waals surface area contributed by atoms with E-state index in [0.717, 1.165) is 18.2 Å². The topological polar surface area (TPSA) is 92.5 Å². The maximum Gasteiger partial charge on any atom is 0.282 e. The van der Waals surface area contributed by atoms with Gasteiger partial charge in [-0.2, -0.15) is 0 Å². The molecule has 0 spiro atoms. The van der Waals surface area contributed by atoms with E-state index in [4.69, 9.17) is 0 Å². The van der Waals surface area contributed by atoms with E-state index in [-0.39, 0.29) is 17.9 Å². The van der Waals surface area contributed by atoms with Crippen LogP contribution in [0.15, 0.2) is 42.5 Å². The van der Waals surface area contributed by atoms with Crippen LogP contribution in [0.4, 0.5) is 10.1 Å². The van der Waals surface area contributed by atoms with Crippen LogP contribution in [0, 0.1) is 15.9 Å². The molecule has 6 nitrogen and oxygen atoms in total. The Labute approximate surface area is 119 Å². The largest absolute Gasteiger partial charge is 0.508 e. The minimum absolute atomic E-state index is 0.00783. The normalized spacial score (nSPS) is 10.1. The van der Waals surface area contributed by atoms with Crippen LogP contribution in [-0.4, -0.2) is 15.9 Å². The van der Waals surface area contributed by atoms with Crippen molar-refractivity contribution in [1.82, 2.24) is 5.32 Å². The van der Waals surface area contributed by atoms with Crippen LogP contribution in [0.5, 0.6) is 5.75 Å². The van der Waals surface area contributed by atoms with Crippen LogP contribution >= 0.6 is 0 Å². The Kier molecular flexibility index (Phi) is 4.13. The summed E-state index contributed by atoms with van der Waals surface area (Å²) in [4.78, 5) is 22.0. The van der Waals surface area contributed by atoms with Crippen LogP contribution in [0.1, 0.15) is 15.9 Å². The van der Waals surface area contributed by atoms with Gasteiger partial charge in [-0.05, 0) is 18.2 Å². The van der Waals surface area contributed by atoms with E-state index < -0.39 is 22.3 Å². The predicted octanol–water partition coefficient (Wildman–Crippen LogP) is 2.37. The lowest BCUT2D eigenvalue weighted by Gasteiger charge is -2.07. The van der Waals surface area contributed by atoms with Gasteiger partial charge in [-0.3, -0.25) is 14.9 Å². The predicted molar refractivity (Wildman–Crippen MR) is 72.3 cm³/mol. The molecule has 0 radical (unpaired) electrons. The van der Waals surface area contributed by atoms with E-state index in [2.05, 4.69) is 5.32 Å². The molecule has 108 valence electrons. The molecule has 0 atom stereocenters. The van der Waals surface area contributed by atoms with E-state index in [1.54, 1.807) is 18.2 Å². The Morgan fingerprint density at radius 3 is 2.67 bits per heavy atom. The van der Waals surface area contributed by atoms with Gasteiger partial charge in [0.2, 0.25) is 0 Å². The number of benzene rings is 2. The second-order valence-electron chi connectivity index (χ2n) is 4.23. The molecule has 2 aromatic rings. The summed E-state index contributed by atoms with van der Waals surface area (Å²) in [6.45, 7) is -0.0286. The molecule has 1 amide bonds. The summed E-state index contributed by atoms with van der Waals surface area (Å²) in [5.74, 6) is -1.54. The van der Waals surface area contributed by atoms with E-state index in [1.807, 2.05) is 0 Å². The molecule has 0 saturated carbocycles. The van der Waals surface area contributed by atoms with Crippen molar-refractivity contribution < 1.29 is 19.2 Å². The molecule has 0 aliphatic carbocycles. The van der Waals surface area contributed by atoms with Gasteiger partial charge in [0.1, 0.15) is 17.1 Å². The van der Waals surface area contributed by atoms with Crippen LogP contribution in [0.25, 0.3) is 0 Å². The number of nitrogens with zero attached hydrogens (tertiary/aromatic N) is 1. The minimum atomic E-state index is -0.788. The van der Waals surface area contributed by atoms with Gasteiger partial charge in [-0.1, -0.05) is 18.2 Å². The van der Waals surface area contributed by atoms with Crippen LogP contribution in [0.2, 0.25) is 0 Å². The summed E-state index contributed by atoms with van der Waals surface area (Å²) < 4.78 is 13.2. The number of nitro groups is 1. The molecular formula is C14H11FN2O4. The molecule has 0 heterocycles. The standard InChI is InChI=1S/C14H11FN2O4/c15-10-5-6-12(17(20)21)11(7-10)14(19)16-8-9-3-1-2-4-13(9)18/h1-7,18H,8H2,(H,16,19). The first-order valence-electron chi connectivity index (χ1n) is 5.98. The van der Waals surface area contributed by atoms with Gasteiger partial charge in [0, 0.05) is 18.2 Å². The molecule has 2 rings (SSSR count). The fourth-order valence-electron chi connectivity index (χ4n) is 1.78. The zero-order valence-corrected chi connectivity index (χ0v) is 10.7. The Bertz CT molecular complexity index is 703. The third-order valence-corrected chi connectivity index (χ3v) is 2.83. The molecule has 0 unspecified atom stereocenters. The molecule has 7 heteroatoms. The molecule has 0 aliphatic heterocycles. The molecule has 2 N–H and O–H groups in total. The first-order chi connectivity index (χ1) is 9.99. The SMILES string of the molecule is O=C(NCc1ccccc1O)c1cc(F)ccc1[N+](=O)[O-]. The number of halogens is 1. The average Bonchev–Trinajstić information content (AvgIpc) is 2.45. The van der Waals surface area contributed by atoms with Crippen LogP contribution in [0.3, 0.4) is 0 Å². The fraction of sp³-hybridized carbons (Fsp3) is 0.0714. The Hall–Kier alpha value is -2.96. The molecule has 2 aromatic carbocycles. The summed E-state index contributed by atoms with van der Waals surface area (Å²) in [6, 6.07) is 8.99. The van der Waals surface area contributed by atoms with E-state index in [1.165, 1.54) is 6.07 Å². The lowest BCUT2D eigenvalue weighted by molar-refractivity contribution is -0.385. The van der Waals surface area contributed by atoms with Crippen molar-refractivity contribution >= 4 is 11.6 Å². The minimum Gasteiger partial charge on any atom is -0.508 e. The van der Waals surface area contributed by atoms with Gasteiger partial charge < -0.3 is 10.4 Å². The first-order valence-corrected chi connectivity index (χ1v) is 5.98. The molecule has 0 saturated heterocycles. The number of carbonyl (C=O) groups is 1. The van der Waals surface area contributed by atoms with Gasteiger partial charge in [0.15, 0.2) is 0 Å². The highest BCUT2D eigenvalue weighted by molar-refractivity contribution is 5.98. The summed E-state index contributed by atoms with van der Waals surface area (Å²) in [6.07, 6.45) is 0. The van der Waals surface area contributed by atoms with Gasteiger partial charge in [0.25, 0.3) is 11.6 Å². The molecular weight excluding hydrogens is 279 g/mol. The average molecular weight is 290 g/mol. The number of aromatic hydroxyl groups is 1. The number of hydrogen-bond acceptors (Lipinski definition) is 4. The van der Waals surface area contributed by atoms with E-state index in [0.29, 0.717) is 5.56 Å². The van der Waals surface area contributed by atoms with Crippen molar-refractivity contribution in [2.75, 3.05) is 0 Å². The van der Waals surface area contributed by atoms with E-state index >= 15 is 0 Å². The number of para-hydroxylation sites is 1. The van der Waals surface area contributed by atoms with Gasteiger partial charge in [-0.25, -0.2) is 4.39 Å². The monoisotopic (exact) mass is 290 g/mol. The van der Waals surface area contributed by atoms with Crippen LogP contribution in [-0.2, 0) is 6.54 Å². The number of carbonyl (C=O) groups excluding carboxylic acids is 1. The van der Waals surface area contributed by atoms with Crippen molar-refractivity contribution in [2.45, 2.75) is 6.54 Å². The molecule has 21 heavy (non-hydrogen) atoms. The second kappa shape index (κ2) is 6.00. The summed E-state index contributed by atoms with van der Waals surface area (Å²) in [7, 11) is 0. The Morgan fingerprint density at radius 2 is 2.00 bits per heavy atom. The highest BCUT2D eigenvalue weighted by atomic mass is 19.1. The molecule has 0 fully saturated rings. The second-order valence-corrected chi connectivity index (χ2v) is 4.23. The highest BCUT2D eigenvalue weighted by Crippen LogP contribution is 2.20.